The van der Waals surface area contributed by atoms with E-state index in [-0.39, 0.29) is 30.7 Å². The molecule has 1 heterocycles. The molecule has 1 aliphatic rings. The third-order valence-corrected chi connectivity index (χ3v) is 5.18. The summed E-state index contributed by atoms with van der Waals surface area (Å²) in [4.78, 5) is 26.2. The van der Waals surface area contributed by atoms with Crippen molar-refractivity contribution in [3.8, 4) is 0 Å². The van der Waals surface area contributed by atoms with Crippen LogP contribution in [0, 0.1) is 0 Å². The standard InChI is InChI=1S/C23H33NO8/c1-24(15-21(28-2)29-3)22(26)19-13-18(14-20(32-19)31-12-6-5-11-25)16-7-9-17(10-8-16)23(27)30-4/h7-10,13,18,20-21,25H,5-6,11-12,14-15H2,1-4H3/t18-,20+/m0/s1. The van der Waals surface area contributed by atoms with Crippen LogP contribution in [0.2, 0.25) is 0 Å². The van der Waals surface area contributed by atoms with E-state index in [1.54, 1.807) is 25.3 Å². The van der Waals surface area contributed by atoms with Crippen molar-refractivity contribution >= 4 is 11.9 Å². The minimum Gasteiger partial charge on any atom is -0.465 e. The van der Waals surface area contributed by atoms with E-state index in [1.807, 2.05) is 12.1 Å². The molecule has 0 saturated heterocycles. The van der Waals surface area contributed by atoms with Crippen LogP contribution in [0.5, 0.6) is 0 Å². The number of rotatable bonds is 12. The number of amides is 1. The monoisotopic (exact) mass is 451 g/mol. The maximum atomic E-state index is 13.0. The largest absolute Gasteiger partial charge is 0.465 e. The van der Waals surface area contributed by atoms with Crippen LogP contribution in [-0.4, -0.2) is 82.6 Å². The Morgan fingerprint density at radius 2 is 1.84 bits per heavy atom. The third-order valence-electron chi connectivity index (χ3n) is 5.18. The van der Waals surface area contributed by atoms with E-state index >= 15 is 0 Å². The van der Waals surface area contributed by atoms with Crippen LogP contribution >= 0.6 is 0 Å². The van der Waals surface area contributed by atoms with Crippen molar-refractivity contribution in [3.63, 3.8) is 0 Å². The smallest absolute Gasteiger partial charge is 0.337 e. The van der Waals surface area contributed by atoms with Gasteiger partial charge in [0.05, 0.1) is 25.8 Å². The number of esters is 1. The van der Waals surface area contributed by atoms with Gasteiger partial charge in [-0.25, -0.2) is 4.79 Å². The molecule has 0 radical (unpaired) electrons. The fraction of sp³-hybridized carbons (Fsp3) is 0.565. The van der Waals surface area contributed by atoms with Crippen LogP contribution in [0.3, 0.4) is 0 Å². The van der Waals surface area contributed by atoms with E-state index in [9.17, 15) is 9.59 Å². The minimum absolute atomic E-state index is 0.0959. The fourth-order valence-corrected chi connectivity index (χ4v) is 3.30. The van der Waals surface area contributed by atoms with Crippen LogP contribution in [0.4, 0.5) is 0 Å². The Balaban J connectivity index is 2.20. The van der Waals surface area contributed by atoms with Gasteiger partial charge in [-0.15, -0.1) is 0 Å². The molecule has 2 atom stereocenters. The Bertz CT molecular complexity index is 760. The molecule has 9 heteroatoms. The highest BCUT2D eigenvalue weighted by atomic mass is 16.7. The van der Waals surface area contributed by atoms with Crippen molar-refractivity contribution < 1.29 is 38.4 Å². The topological polar surface area (TPSA) is 104 Å². The Kier molecular flexibility index (Phi) is 10.6. The number of ether oxygens (including phenoxy) is 5. The average molecular weight is 452 g/mol. The number of aliphatic hydroxyl groups is 1. The van der Waals surface area contributed by atoms with Gasteiger partial charge in [0, 0.05) is 40.2 Å². The van der Waals surface area contributed by atoms with Crippen molar-refractivity contribution in [3.05, 3.63) is 47.2 Å². The molecule has 0 saturated carbocycles. The highest BCUT2D eigenvalue weighted by molar-refractivity contribution is 5.91. The molecule has 1 N–H and O–H groups in total. The van der Waals surface area contributed by atoms with E-state index in [4.69, 9.17) is 28.8 Å². The first kappa shape index (κ1) is 25.8. The van der Waals surface area contributed by atoms with Gasteiger partial charge in [-0.3, -0.25) is 4.79 Å². The van der Waals surface area contributed by atoms with Gasteiger partial charge in [-0.1, -0.05) is 12.1 Å². The summed E-state index contributed by atoms with van der Waals surface area (Å²) in [6.45, 7) is 0.734. The number of hydrogen-bond acceptors (Lipinski definition) is 8. The lowest BCUT2D eigenvalue weighted by Crippen LogP contribution is -2.39. The lowest BCUT2D eigenvalue weighted by atomic mass is 9.92. The SMILES string of the molecule is COC(=O)c1ccc([C@H]2C=C(C(=O)N(C)CC(OC)OC)O[C@@H](OCCCCO)C2)cc1. The second-order valence-corrected chi connectivity index (χ2v) is 7.42. The fourth-order valence-electron chi connectivity index (χ4n) is 3.30. The van der Waals surface area contributed by atoms with Gasteiger partial charge in [-0.2, -0.15) is 0 Å². The maximum Gasteiger partial charge on any atom is 0.337 e. The number of carbonyl (C=O) groups is 2. The molecular formula is C23H33NO8. The summed E-state index contributed by atoms with van der Waals surface area (Å²) in [6, 6.07) is 7.05. The number of hydrogen-bond donors (Lipinski definition) is 1. The Morgan fingerprint density at radius 1 is 1.16 bits per heavy atom. The van der Waals surface area contributed by atoms with Crippen molar-refractivity contribution in [2.24, 2.45) is 0 Å². The molecule has 0 spiro atoms. The summed E-state index contributed by atoms with van der Waals surface area (Å²) >= 11 is 0. The van der Waals surface area contributed by atoms with Gasteiger partial charge in [0.15, 0.2) is 12.0 Å². The molecule has 0 unspecified atom stereocenters. The molecule has 9 nitrogen and oxygen atoms in total. The quantitative estimate of drug-likeness (QED) is 0.293. The highest BCUT2D eigenvalue weighted by Gasteiger charge is 2.31. The summed E-state index contributed by atoms with van der Waals surface area (Å²) in [5.74, 6) is -0.693. The maximum absolute atomic E-state index is 13.0. The first-order chi connectivity index (χ1) is 15.4. The molecule has 0 fully saturated rings. The zero-order valence-electron chi connectivity index (χ0n) is 19.1. The number of benzene rings is 1. The Labute approximate surface area is 188 Å². The predicted octanol–water partition coefficient (Wildman–Crippen LogP) is 2.05. The van der Waals surface area contributed by atoms with Crippen molar-refractivity contribution in [2.45, 2.75) is 37.8 Å². The van der Waals surface area contributed by atoms with Crippen LogP contribution in [-0.2, 0) is 28.5 Å². The number of nitrogens with zero attached hydrogens (tertiary/aromatic N) is 1. The minimum atomic E-state index is -0.614. The van der Waals surface area contributed by atoms with E-state index in [0.717, 1.165) is 5.56 Å². The zero-order valence-corrected chi connectivity index (χ0v) is 19.1. The predicted molar refractivity (Wildman–Crippen MR) is 116 cm³/mol. The molecule has 0 aliphatic carbocycles. The molecule has 1 aromatic rings. The highest BCUT2D eigenvalue weighted by Crippen LogP contribution is 2.32. The van der Waals surface area contributed by atoms with E-state index in [0.29, 0.717) is 31.4 Å². The first-order valence-electron chi connectivity index (χ1n) is 10.5. The molecule has 178 valence electrons. The lowest BCUT2D eigenvalue weighted by molar-refractivity contribution is -0.158. The summed E-state index contributed by atoms with van der Waals surface area (Å²) in [6.07, 6.45) is 2.43. The number of carbonyl (C=O) groups excluding carboxylic acids is 2. The summed E-state index contributed by atoms with van der Waals surface area (Å²) in [7, 11) is 5.99. The second-order valence-electron chi connectivity index (χ2n) is 7.42. The normalized spacial score (nSPS) is 18.1. The number of unbranched alkanes of at least 4 members (excludes halogenated alkanes) is 1. The molecule has 1 aromatic carbocycles. The van der Waals surface area contributed by atoms with Gasteiger partial charge in [-0.05, 0) is 36.6 Å². The van der Waals surface area contributed by atoms with Crippen LogP contribution in [0.15, 0.2) is 36.1 Å². The number of likely N-dealkylation sites (N-methyl/N-ethyl adjacent to an activating group) is 1. The van der Waals surface area contributed by atoms with E-state index < -0.39 is 18.5 Å². The molecule has 32 heavy (non-hydrogen) atoms. The van der Waals surface area contributed by atoms with Gasteiger partial charge in [0.25, 0.3) is 5.91 Å². The Morgan fingerprint density at radius 3 is 2.44 bits per heavy atom. The lowest BCUT2D eigenvalue weighted by Gasteiger charge is -2.31. The number of methoxy groups -OCH3 is 3. The van der Waals surface area contributed by atoms with E-state index in [2.05, 4.69) is 0 Å². The van der Waals surface area contributed by atoms with Crippen molar-refractivity contribution in [1.29, 1.82) is 0 Å². The van der Waals surface area contributed by atoms with Crippen molar-refractivity contribution in [1.82, 2.24) is 4.90 Å². The van der Waals surface area contributed by atoms with Gasteiger partial charge >= 0.3 is 5.97 Å². The van der Waals surface area contributed by atoms with Crippen LogP contribution < -0.4 is 0 Å². The third kappa shape index (κ3) is 7.30. The molecular weight excluding hydrogens is 418 g/mol. The van der Waals surface area contributed by atoms with Gasteiger partial charge in [0.2, 0.25) is 6.29 Å². The molecule has 1 aliphatic heterocycles. The summed E-state index contributed by atoms with van der Waals surface area (Å²) in [5, 5.41) is 8.96. The van der Waals surface area contributed by atoms with Gasteiger partial charge < -0.3 is 33.7 Å². The zero-order chi connectivity index (χ0) is 23.5. The number of aliphatic hydroxyl groups excluding tert-OH is 1. The second kappa shape index (κ2) is 13.2. The van der Waals surface area contributed by atoms with Crippen LogP contribution in [0.1, 0.15) is 41.1 Å². The van der Waals surface area contributed by atoms with Gasteiger partial charge in [0.1, 0.15) is 0 Å². The van der Waals surface area contributed by atoms with Crippen molar-refractivity contribution in [2.75, 3.05) is 48.1 Å². The molecule has 0 aromatic heterocycles. The average Bonchev–Trinajstić information content (AvgIpc) is 2.83. The summed E-state index contributed by atoms with van der Waals surface area (Å²) in [5.41, 5.74) is 1.37. The molecule has 1 amide bonds. The Hall–Kier alpha value is -2.46. The number of allylic oxidation sites excluding steroid dienone is 1. The first-order valence-corrected chi connectivity index (χ1v) is 10.5. The van der Waals surface area contributed by atoms with Crippen LogP contribution in [0.25, 0.3) is 0 Å². The summed E-state index contributed by atoms with van der Waals surface area (Å²) < 4.78 is 26.8. The van der Waals surface area contributed by atoms with E-state index in [1.165, 1.54) is 26.2 Å². The molecule has 0 bridgehead atoms. The molecule has 2 rings (SSSR count).